The van der Waals surface area contributed by atoms with Gasteiger partial charge in [0.1, 0.15) is 5.75 Å². The highest BCUT2D eigenvalue weighted by molar-refractivity contribution is 9.10. The van der Waals surface area contributed by atoms with Crippen LogP contribution in [-0.4, -0.2) is 24.3 Å². The van der Waals surface area contributed by atoms with Gasteiger partial charge < -0.3 is 10.1 Å². The fourth-order valence-electron chi connectivity index (χ4n) is 2.71. The van der Waals surface area contributed by atoms with E-state index in [0.717, 1.165) is 0 Å². The van der Waals surface area contributed by atoms with Crippen LogP contribution in [0.3, 0.4) is 0 Å². The van der Waals surface area contributed by atoms with Crippen LogP contribution in [0.25, 0.3) is 0 Å². The molecule has 3 N–H and O–H groups in total. The van der Waals surface area contributed by atoms with Crippen LogP contribution in [0.5, 0.6) is 5.75 Å². The van der Waals surface area contributed by atoms with Crippen LogP contribution in [0, 0.1) is 0 Å². The first-order valence-electron chi connectivity index (χ1n) is 9.47. The third-order valence-electron chi connectivity index (χ3n) is 4.22. The summed E-state index contributed by atoms with van der Waals surface area (Å²) in [6, 6.07) is 20.2. The minimum atomic E-state index is -0.509. The van der Waals surface area contributed by atoms with Crippen LogP contribution in [0.1, 0.15) is 38.0 Å². The highest BCUT2D eigenvalue weighted by atomic mass is 79.9. The van der Waals surface area contributed by atoms with Gasteiger partial charge in [-0.05, 0) is 61.5 Å². The monoisotopic (exact) mass is 481 g/mol. The number of hydrogen-bond acceptors (Lipinski definition) is 4. The van der Waals surface area contributed by atoms with Crippen molar-refractivity contribution in [3.05, 3.63) is 94.0 Å². The number of hydrogen-bond donors (Lipinski definition) is 3. The lowest BCUT2D eigenvalue weighted by atomic mass is 10.1. The molecule has 0 unspecified atom stereocenters. The number of ether oxygens (including phenoxy) is 1. The standard InChI is InChI=1S/C23H20BrN3O4/c1-2-31-20-13-10-17(24)14-19(20)23(30)27-26-22(29)16-8-11-18(12-9-16)25-21(28)15-6-4-3-5-7-15/h3-14H,2H2,1H3,(H,25,28)(H,26,29)(H,27,30). The Hall–Kier alpha value is -3.65. The Morgan fingerprint density at radius 1 is 0.806 bits per heavy atom. The average Bonchev–Trinajstić information content (AvgIpc) is 2.79. The molecule has 3 rings (SSSR count). The van der Waals surface area contributed by atoms with E-state index >= 15 is 0 Å². The second-order valence-corrected chi connectivity index (χ2v) is 7.29. The van der Waals surface area contributed by atoms with Gasteiger partial charge in [0.15, 0.2) is 0 Å². The van der Waals surface area contributed by atoms with Crippen molar-refractivity contribution in [1.29, 1.82) is 0 Å². The highest BCUT2D eigenvalue weighted by Gasteiger charge is 2.15. The van der Waals surface area contributed by atoms with E-state index in [0.29, 0.717) is 33.6 Å². The van der Waals surface area contributed by atoms with Crippen molar-refractivity contribution in [3.8, 4) is 5.75 Å². The first kappa shape index (κ1) is 22.0. The zero-order valence-electron chi connectivity index (χ0n) is 16.6. The van der Waals surface area contributed by atoms with Gasteiger partial charge in [-0.2, -0.15) is 0 Å². The maximum Gasteiger partial charge on any atom is 0.273 e. The Morgan fingerprint density at radius 3 is 2.13 bits per heavy atom. The number of anilines is 1. The van der Waals surface area contributed by atoms with Crippen LogP contribution in [-0.2, 0) is 0 Å². The van der Waals surface area contributed by atoms with Gasteiger partial charge in [0.2, 0.25) is 0 Å². The number of rotatable bonds is 6. The van der Waals surface area contributed by atoms with E-state index in [1.165, 1.54) is 0 Å². The molecule has 0 atom stereocenters. The molecule has 3 aromatic carbocycles. The van der Waals surface area contributed by atoms with Crippen LogP contribution in [0.2, 0.25) is 0 Å². The van der Waals surface area contributed by atoms with E-state index < -0.39 is 11.8 Å². The first-order chi connectivity index (χ1) is 15.0. The average molecular weight is 482 g/mol. The van der Waals surface area contributed by atoms with Gasteiger partial charge in [-0.1, -0.05) is 34.1 Å². The van der Waals surface area contributed by atoms with Crippen molar-refractivity contribution in [2.45, 2.75) is 6.92 Å². The largest absolute Gasteiger partial charge is 0.493 e. The third kappa shape index (κ3) is 5.93. The molecule has 0 aliphatic rings. The maximum absolute atomic E-state index is 12.5. The topological polar surface area (TPSA) is 96.5 Å². The van der Waals surface area contributed by atoms with Gasteiger partial charge in [0.05, 0.1) is 12.2 Å². The number of amides is 3. The lowest BCUT2D eigenvalue weighted by molar-refractivity contribution is 0.0844. The molecule has 0 heterocycles. The molecule has 0 aromatic heterocycles. The van der Waals surface area contributed by atoms with Crippen molar-refractivity contribution in [1.82, 2.24) is 10.9 Å². The zero-order valence-corrected chi connectivity index (χ0v) is 18.2. The van der Waals surface area contributed by atoms with E-state index in [9.17, 15) is 14.4 Å². The predicted molar refractivity (Wildman–Crippen MR) is 121 cm³/mol. The molecule has 0 fully saturated rings. The molecule has 0 aliphatic carbocycles. The van der Waals surface area contributed by atoms with E-state index in [4.69, 9.17) is 4.74 Å². The molecule has 3 aromatic rings. The molecule has 0 radical (unpaired) electrons. The molecule has 0 bridgehead atoms. The molecule has 7 nitrogen and oxygen atoms in total. The fourth-order valence-corrected chi connectivity index (χ4v) is 3.07. The lowest BCUT2D eigenvalue weighted by Crippen LogP contribution is -2.41. The van der Waals surface area contributed by atoms with E-state index in [1.807, 2.05) is 13.0 Å². The van der Waals surface area contributed by atoms with E-state index in [-0.39, 0.29) is 11.5 Å². The summed E-state index contributed by atoms with van der Waals surface area (Å²) in [7, 11) is 0. The Kier molecular flexibility index (Phi) is 7.40. The van der Waals surface area contributed by atoms with E-state index in [2.05, 4.69) is 32.1 Å². The molecule has 158 valence electrons. The summed E-state index contributed by atoms with van der Waals surface area (Å²) in [4.78, 5) is 37.0. The third-order valence-corrected chi connectivity index (χ3v) is 4.71. The van der Waals surface area contributed by atoms with Crippen molar-refractivity contribution in [2.24, 2.45) is 0 Å². The number of halogens is 1. The second kappa shape index (κ2) is 10.4. The van der Waals surface area contributed by atoms with Gasteiger partial charge in [0.25, 0.3) is 17.7 Å². The van der Waals surface area contributed by atoms with Gasteiger partial charge in [-0.15, -0.1) is 0 Å². The van der Waals surface area contributed by atoms with Gasteiger partial charge in [0, 0.05) is 21.3 Å². The second-order valence-electron chi connectivity index (χ2n) is 6.38. The Bertz CT molecular complexity index is 1090. The van der Waals surface area contributed by atoms with Crippen LogP contribution in [0.15, 0.2) is 77.3 Å². The smallest absolute Gasteiger partial charge is 0.273 e. The van der Waals surface area contributed by atoms with Crippen molar-refractivity contribution in [2.75, 3.05) is 11.9 Å². The number of nitrogens with one attached hydrogen (secondary N) is 3. The van der Waals surface area contributed by atoms with Crippen LogP contribution < -0.4 is 20.9 Å². The van der Waals surface area contributed by atoms with Crippen molar-refractivity contribution in [3.63, 3.8) is 0 Å². The van der Waals surface area contributed by atoms with Crippen molar-refractivity contribution < 1.29 is 19.1 Å². The first-order valence-corrected chi connectivity index (χ1v) is 10.3. The normalized spacial score (nSPS) is 10.1. The molecule has 8 heteroatoms. The predicted octanol–water partition coefficient (Wildman–Crippen LogP) is 4.17. The van der Waals surface area contributed by atoms with Crippen LogP contribution >= 0.6 is 15.9 Å². The quantitative estimate of drug-likeness (QED) is 0.460. The summed E-state index contributed by atoms with van der Waals surface area (Å²) in [5.74, 6) is -0.841. The Morgan fingerprint density at radius 2 is 1.45 bits per heavy atom. The summed E-state index contributed by atoms with van der Waals surface area (Å²) in [6.45, 7) is 2.22. The molecule has 0 spiro atoms. The summed E-state index contributed by atoms with van der Waals surface area (Å²) in [5.41, 5.74) is 6.44. The van der Waals surface area contributed by atoms with Crippen LogP contribution in [0.4, 0.5) is 5.69 Å². The molecular weight excluding hydrogens is 462 g/mol. The SMILES string of the molecule is CCOc1ccc(Br)cc1C(=O)NNC(=O)c1ccc(NC(=O)c2ccccc2)cc1. The number of benzene rings is 3. The number of hydrazine groups is 1. The number of carbonyl (C=O) groups excluding carboxylic acids is 3. The molecule has 31 heavy (non-hydrogen) atoms. The minimum Gasteiger partial charge on any atom is -0.493 e. The summed E-state index contributed by atoms with van der Waals surface area (Å²) in [5, 5.41) is 2.76. The molecule has 0 aliphatic heterocycles. The summed E-state index contributed by atoms with van der Waals surface area (Å²) >= 11 is 3.32. The lowest BCUT2D eigenvalue weighted by Gasteiger charge is -2.12. The maximum atomic E-state index is 12.5. The highest BCUT2D eigenvalue weighted by Crippen LogP contribution is 2.23. The van der Waals surface area contributed by atoms with E-state index in [1.54, 1.807) is 66.7 Å². The zero-order chi connectivity index (χ0) is 22.2. The number of carbonyl (C=O) groups is 3. The molecule has 3 amide bonds. The van der Waals surface area contributed by atoms with Gasteiger partial charge in [-0.3, -0.25) is 25.2 Å². The Labute approximate surface area is 187 Å². The minimum absolute atomic E-state index is 0.246. The summed E-state index contributed by atoms with van der Waals surface area (Å²) < 4.78 is 6.16. The van der Waals surface area contributed by atoms with Gasteiger partial charge in [-0.25, -0.2) is 0 Å². The van der Waals surface area contributed by atoms with Gasteiger partial charge >= 0.3 is 0 Å². The van der Waals surface area contributed by atoms with Crippen molar-refractivity contribution >= 4 is 39.3 Å². The molecule has 0 saturated heterocycles. The molecule has 0 saturated carbocycles. The fraction of sp³-hybridized carbons (Fsp3) is 0.0870. The molecular formula is C23H20BrN3O4. The summed E-state index contributed by atoms with van der Waals surface area (Å²) in [6.07, 6.45) is 0. The Balaban J connectivity index is 1.59.